The lowest BCUT2D eigenvalue weighted by Gasteiger charge is -2.23. The second-order valence-electron chi connectivity index (χ2n) is 5.37. The van der Waals surface area contributed by atoms with Crippen molar-refractivity contribution in [3.05, 3.63) is 53.5 Å². The van der Waals surface area contributed by atoms with Crippen molar-refractivity contribution in [2.24, 2.45) is 5.10 Å². The van der Waals surface area contributed by atoms with Crippen molar-refractivity contribution < 1.29 is 22.3 Å². The molecule has 1 aromatic heterocycles. The van der Waals surface area contributed by atoms with Gasteiger partial charge in [-0.2, -0.15) is 18.3 Å². The maximum absolute atomic E-state index is 13.6. The molecule has 0 saturated carbocycles. The second kappa shape index (κ2) is 7.50. The molecule has 0 fully saturated rings. The molecule has 8 heteroatoms. The summed E-state index contributed by atoms with van der Waals surface area (Å²) in [4.78, 5) is 3.86. The first kappa shape index (κ1) is 18.7. The third kappa shape index (κ3) is 4.91. The minimum absolute atomic E-state index is 0.125. The summed E-state index contributed by atoms with van der Waals surface area (Å²) in [6.45, 7) is 5.11. The van der Waals surface area contributed by atoms with Crippen molar-refractivity contribution in [1.29, 1.82) is 0 Å². The highest BCUT2D eigenvalue weighted by molar-refractivity contribution is 5.77. The van der Waals surface area contributed by atoms with E-state index in [-0.39, 0.29) is 5.88 Å². The number of hydrogen-bond acceptors (Lipinski definition) is 4. The van der Waals surface area contributed by atoms with Gasteiger partial charge in [0.1, 0.15) is 6.17 Å². The Morgan fingerprint density at radius 3 is 2.64 bits per heavy atom. The van der Waals surface area contributed by atoms with Gasteiger partial charge in [0.15, 0.2) is 6.61 Å². The number of rotatable bonds is 5. The van der Waals surface area contributed by atoms with E-state index in [9.17, 15) is 17.6 Å². The SMILES string of the molecule is C=NN1C=CC(c2ccc(OCC(F)(F)F)nc2)=C/C1=C(/C)C(C)F. The normalized spacial score (nSPS) is 17.8. The smallest absolute Gasteiger partial charge is 0.422 e. The number of alkyl halides is 4. The zero-order valence-corrected chi connectivity index (χ0v) is 13.7. The molecule has 134 valence electrons. The predicted octanol–water partition coefficient (Wildman–Crippen LogP) is 4.48. The summed E-state index contributed by atoms with van der Waals surface area (Å²) in [7, 11) is 0. The third-order valence-electron chi connectivity index (χ3n) is 3.54. The summed E-state index contributed by atoms with van der Waals surface area (Å²) in [6.07, 6.45) is 0.868. The molecule has 1 aromatic rings. The minimum Gasteiger partial charge on any atom is -0.468 e. The van der Waals surface area contributed by atoms with Gasteiger partial charge in [-0.15, -0.1) is 0 Å². The molecule has 0 aliphatic carbocycles. The molecule has 1 aliphatic rings. The first-order chi connectivity index (χ1) is 11.7. The maximum Gasteiger partial charge on any atom is 0.422 e. The fraction of sp³-hybridized carbons (Fsp3) is 0.294. The van der Waals surface area contributed by atoms with Crippen LogP contribution in [-0.2, 0) is 0 Å². The monoisotopic (exact) mass is 355 g/mol. The Balaban J connectivity index is 2.25. The quantitative estimate of drug-likeness (QED) is 0.577. The van der Waals surface area contributed by atoms with Crippen LogP contribution >= 0.6 is 0 Å². The van der Waals surface area contributed by atoms with E-state index < -0.39 is 19.0 Å². The van der Waals surface area contributed by atoms with Gasteiger partial charge in [-0.25, -0.2) is 14.4 Å². The van der Waals surface area contributed by atoms with Gasteiger partial charge in [-0.1, -0.05) is 0 Å². The van der Waals surface area contributed by atoms with Crippen LogP contribution in [0.3, 0.4) is 0 Å². The zero-order chi connectivity index (χ0) is 18.6. The largest absolute Gasteiger partial charge is 0.468 e. The topological polar surface area (TPSA) is 37.7 Å². The fourth-order valence-electron chi connectivity index (χ4n) is 2.09. The molecule has 1 atom stereocenters. The molecule has 4 nitrogen and oxygen atoms in total. The van der Waals surface area contributed by atoms with Crippen LogP contribution < -0.4 is 4.74 Å². The average molecular weight is 355 g/mol. The van der Waals surface area contributed by atoms with E-state index in [4.69, 9.17) is 0 Å². The molecule has 1 unspecified atom stereocenters. The summed E-state index contributed by atoms with van der Waals surface area (Å²) >= 11 is 0. The van der Waals surface area contributed by atoms with Crippen molar-refractivity contribution in [3.63, 3.8) is 0 Å². The van der Waals surface area contributed by atoms with Crippen molar-refractivity contribution in [1.82, 2.24) is 9.99 Å². The van der Waals surface area contributed by atoms with E-state index in [2.05, 4.69) is 21.5 Å². The number of pyridine rings is 1. The summed E-state index contributed by atoms with van der Waals surface area (Å²) < 4.78 is 54.6. The molecular weight excluding hydrogens is 338 g/mol. The maximum atomic E-state index is 13.6. The van der Waals surface area contributed by atoms with Crippen LogP contribution in [0.4, 0.5) is 17.6 Å². The molecule has 0 N–H and O–H groups in total. The van der Waals surface area contributed by atoms with Crippen LogP contribution in [0.1, 0.15) is 19.4 Å². The number of halogens is 4. The van der Waals surface area contributed by atoms with E-state index in [0.29, 0.717) is 22.4 Å². The van der Waals surface area contributed by atoms with Gasteiger partial charge in [-0.3, -0.25) is 0 Å². The standard InChI is InChI=1S/C17H17F4N3O/c1-11(12(2)18)15-8-13(6-7-24(15)22-3)14-4-5-16(23-9-14)25-10-17(19,20)21/h4-9,12H,3,10H2,1-2H3/b15-11+. The molecule has 2 heterocycles. The van der Waals surface area contributed by atoms with Crippen molar-refractivity contribution in [2.45, 2.75) is 26.2 Å². The Labute approximate surface area is 142 Å². The highest BCUT2D eigenvalue weighted by atomic mass is 19.4. The van der Waals surface area contributed by atoms with Gasteiger partial charge in [0.05, 0.1) is 5.70 Å². The second-order valence-corrected chi connectivity index (χ2v) is 5.37. The Hall–Kier alpha value is -2.64. The lowest BCUT2D eigenvalue weighted by atomic mass is 10.0. The number of aromatic nitrogens is 1. The zero-order valence-electron chi connectivity index (χ0n) is 13.7. The van der Waals surface area contributed by atoms with Crippen molar-refractivity contribution >= 4 is 12.3 Å². The van der Waals surface area contributed by atoms with Crippen molar-refractivity contribution in [2.75, 3.05) is 6.61 Å². The summed E-state index contributed by atoms with van der Waals surface area (Å²) in [6, 6.07) is 2.93. The van der Waals surface area contributed by atoms with Crippen LogP contribution in [0, 0.1) is 0 Å². The first-order valence-corrected chi connectivity index (χ1v) is 7.38. The summed E-state index contributed by atoms with van der Waals surface area (Å²) in [5.41, 5.74) is 2.38. The van der Waals surface area contributed by atoms with E-state index in [0.717, 1.165) is 0 Å². The fourth-order valence-corrected chi connectivity index (χ4v) is 2.09. The van der Waals surface area contributed by atoms with Crippen LogP contribution in [0.25, 0.3) is 5.57 Å². The molecular formula is C17H17F4N3O. The van der Waals surface area contributed by atoms with E-state index in [1.54, 1.807) is 31.3 Å². The molecule has 0 saturated heterocycles. The highest BCUT2D eigenvalue weighted by Gasteiger charge is 2.28. The Bertz CT molecular complexity index is 718. The van der Waals surface area contributed by atoms with Crippen LogP contribution in [-0.4, -0.2) is 35.7 Å². The van der Waals surface area contributed by atoms with E-state index in [1.165, 1.54) is 24.2 Å². The molecule has 0 radical (unpaired) electrons. The summed E-state index contributed by atoms with van der Waals surface area (Å²) in [5, 5.41) is 5.25. The number of nitrogens with zero attached hydrogens (tertiary/aromatic N) is 3. The third-order valence-corrected chi connectivity index (χ3v) is 3.54. The lowest BCUT2D eigenvalue weighted by molar-refractivity contribution is -0.154. The molecule has 0 aromatic carbocycles. The molecule has 0 amide bonds. The Morgan fingerprint density at radius 2 is 2.12 bits per heavy atom. The van der Waals surface area contributed by atoms with Gasteiger partial charge in [0, 0.05) is 30.7 Å². The molecule has 1 aliphatic heterocycles. The van der Waals surface area contributed by atoms with Gasteiger partial charge in [-0.05, 0) is 43.2 Å². The molecule has 0 bridgehead atoms. The predicted molar refractivity (Wildman–Crippen MR) is 87.6 cm³/mol. The van der Waals surface area contributed by atoms with Crippen LogP contribution in [0.15, 0.2) is 53.1 Å². The molecule has 0 spiro atoms. The van der Waals surface area contributed by atoms with Crippen molar-refractivity contribution in [3.8, 4) is 5.88 Å². The summed E-state index contributed by atoms with van der Waals surface area (Å²) in [5.74, 6) is -0.125. The number of hydrogen-bond donors (Lipinski definition) is 0. The molecule has 2 rings (SSSR count). The van der Waals surface area contributed by atoms with E-state index >= 15 is 0 Å². The number of hydrazone groups is 1. The van der Waals surface area contributed by atoms with Gasteiger partial charge < -0.3 is 4.74 Å². The molecule has 25 heavy (non-hydrogen) atoms. The number of allylic oxidation sites excluding steroid dienone is 4. The van der Waals surface area contributed by atoms with Gasteiger partial charge in [0.25, 0.3) is 0 Å². The Kier molecular flexibility index (Phi) is 5.61. The number of ether oxygens (including phenoxy) is 1. The van der Waals surface area contributed by atoms with E-state index in [1.807, 2.05) is 0 Å². The highest BCUT2D eigenvalue weighted by Crippen LogP contribution is 2.28. The lowest BCUT2D eigenvalue weighted by Crippen LogP contribution is -2.19. The minimum atomic E-state index is -4.42. The first-order valence-electron chi connectivity index (χ1n) is 7.38. The van der Waals surface area contributed by atoms with Gasteiger partial charge in [0.2, 0.25) is 5.88 Å². The van der Waals surface area contributed by atoms with Crippen LogP contribution in [0.5, 0.6) is 5.88 Å². The Morgan fingerprint density at radius 1 is 1.40 bits per heavy atom. The average Bonchev–Trinajstić information content (AvgIpc) is 2.58. The van der Waals surface area contributed by atoms with Gasteiger partial charge >= 0.3 is 6.18 Å². The van der Waals surface area contributed by atoms with Crippen LogP contribution in [0.2, 0.25) is 0 Å².